The van der Waals surface area contributed by atoms with Crippen LogP contribution in [0.3, 0.4) is 0 Å². The Hall–Kier alpha value is -5.58. The molecule has 0 aliphatic heterocycles. The van der Waals surface area contributed by atoms with Gasteiger partial charge in [0.15, 0.2) is 0 Å². The first-order valence-corrected chi connectivity index (χ1v) is 17.9. The Balaban J connectivity index is 0.000000169. The summed E-state index contributed by atoms with van der Waals surface area (Å²) in [6.45, 7) is 12.0. The summed E-state index contributed by atoms with van der Waals surface area (Å²) in [5.41, 5.74) is 12.0. The van der Waals surface area contributed by atoms with E-state index in [0.717, 1.165) is 38.7 Å². The Morgan fingerprint density at radius 1 is 0.420 bits per heavy atom. The molecule has 0 radical (unpaired) electrons. The highest BCUT2D eigenvalue weighted by molar-refractivity contribution is 7.17. The first-order chi connectivity index (χ1) is 24.6. The number of allylic oxidation sites excluding steroid dienone is 6. The summed E-state index contributed by atoms with van der Waals surface area (Å²) in [6, 6.07) is 28.1. The maximum atomic E-state index is 4.21. The van der Waals surface area contributed by atoms with Crippen molar-refractivity contribution in [2.45, 2.75) is 41.5 Å². The largest absolute Gasteiger partial charge is 0.245 e. The van der Waals surface area contributed by atoms with Gasteiger partial charge in [0.05, 0.1) is 31.5 Å². The topological polar surface area (TPSA) is 109 Å². The second-order valence-corrected chi connectivity index (χ2v) is 11.9. The number of hydrogen-bond donors (Lipinski definition) is 2. The van der Waals surface area contributed by atoms with E-state index in [0.29, 0.717) is 0 Å². The predicted octanol–water partition coefficient (Wildman–Crippen LogP) is 11.7. The maximum Gasteiger partial charge on any atom is 0.113 e. The van der Waals surface area contributed by atoms with Gasteiger partial charge in [-0.2, -0.15) is 30.8 Å². The van der Waals surface area contributed by atoms with E-state index in [4.69, 9.17) is 0 Å². The van der Waals surface area contributed by atoms with Crippen LogP contribution in [0.25, 0.3) is 54.7 Å². The monoisotopic (exact) mass is 700 g/mol. The molecule has 0 spiro atoms. The number of hydrogen-bond acceptors (Lipinski definition) is 8. The van der Waals surface area contributed by atoms with Gasteiger partial charge in [-0.25, -0.2) is 9.97 Å². The minimum Gasteiger partial charge on any atom is -0.245 e. The summed E-state index contributed by atoms with van der Waals surface area (Å²) >= 11 is 3.36. The second kappa shape index (κ2) is 22.9. The molecule has 0 amide bonds. The average molecular weight is 701 g/mol. The van der Waals surface area contributed by atoms with Gasteiger partial charge in [0.1, 0.15) is 22.1 Å². The van der Waals surface area contributed by atoms with Crippen LogP contribution in [0.15, 0.2) is 132 Å². The molecular formula is C40H44N8S2. The van der Waals surface area contributed by atoms with Crippen LogP contribution in [0.4, 0.5) is 0 Å². The van der Waals surface area contributed by atoms with Crippen LogP contribution in [0.1, 0.15) is 52.7 Å². The smallest absolute Gasteiger partial charge is 0.113 e. The van der Waals surface area contributed by atoms with Gasteiger partial charge in [0.25, 0.3) is 0 Å². The number of nitrogens with zero attached hydrogens (tertiary/aromatic N) is 6. The standard InChI is InChI=1S/C10H9NS.C9H9N3.C7H5NS.C6H5N3.2C4H8/c1-2-3-8-4-5-9-10(6-8)12-7-11-9;1-2-3-7-4-5-8-9(6-7)11-12-10-8;1-2-4-7-6(3-1)8-5-9-7;1-2-4-6-5(3-1)7-9-8-6;2*1-3-4-2/h2-7H,1H3;2-6H,1H3,(H,10,11,12);1-5H;1-4H,(H,7,8,9);2*3-4H,1-2H3. The van der Waals surface area contributed by atoms with Crippen molar-refractivity contribution in [3.63, 3.8) is 0 Å². The van der Waals surface area contributed by atoms with Crippen LogP contribution in [0.5, 0.6) is 0 Å². The zero-order valence-corrected chi connectivity index (χ0v) is 31.0. The third-order valence-electron chi connectivity index (χ3n) is 6.54. The second-order valence-electron chi connectivity index (χ2n) is 10.1. The third kappa shape index (κ3) is 13.1. The minimum atomic E-state index is 0.906. The van der Waals surface area contributed by atoms with Crippen LogP contribution >= 0.6 is 22.7 Å². The molecule has 4 heterocycles. The molecule has 0 aliphatic carbocycles. The Morgan fingerprint density at radius 3 is 1.36 bits per heavy atom. The number of rotatable bonds is 2. The van der Waals surface area contributed by atoms with Gasteiger partial charge < -0.3 is 0 Å². The van der Waals surface area contributed by atoms with E-state index in [1.54, 1.807) is 22.7 Å². The van der Waals surface area contributed by atoms with Gasteiger partial charge in [-0.15, -0.1) is 22.7 Å². The van der Waals surface area contributed by atoms with Crippen molar-refractivity contribution in [3.8, 4) is 0 Å². The maximum absolute atomic E-state index is 4.21. The lowest BCUT2D eigenvalue weighted by Gasteiger charge is -1.91. The van der Waals surface area contributed by atoms with E-state index < -0.39 is 0 Å². The van der Waals surface area contributed by atoms with Crippen molar-refractivity contribution < 1.29 is 0 Å². The van der Waals surface area contributed by atoms with Crippen molar-refractivity contribution in [3.05, 3.63) is 144 Å². The fourth-order valence-corrected chi connectivity index (χ4v) is 5.31. The molecule has 50 heavy (non-hydrogen) atoms. The van der Waals surface area contributed by atoms with Gasteiger partial charge in [-0.3, -0.25) is 0 Å². The van der Waals surface area contributed by atoms with E-state index in [9.17, 15) is 0 Å². The van der Waals surface area contributed by atoms with E-state index in [2.05, 4.69) is 71.1 Å². The minimum absolute atomic E-state index is 0.906. The molecule has 0 saturated carbocycles. The molecule has 0 aliphatic rings. The lowest BCUT2D eigenvalue weighted by atomic mass is 10.2. The van der Waals surface area contributed by atoms with Crippen molar-refractivity contribution in [2.24, 2.45) is 0 Å². The van der Waals surface area contributed by atoms with Gasteiger partial charge in [-0.1, -0.05) is 85.0 Å². The molecule has 0 atom stereocenters. The van der Waals surface area contributed by atoms with Gasteiger partial charge in [0, 0.05) is 0 Å². The van der Waals surface area contributed by atoms with Crippen LogP contribution in [0, 0.1) is 0 Å². The lowest BCUT2D eigenvalue weighted by molar-refractivity contribution is 0.959. The summed E-state index contributed by atoms with van der Waals surface area (Å²) in [5.74, 6) is 0. The van der Waals surface area contributed by atoms with E-state index in [-0.39, 0.29) is 0 Å². The number of para-hydroxylation sites is 3. The molecule has 2 N–H and O–H groups in total. The Labute approximate surface area is 302 Å². The lowest BCUT2D eigenvalue weighted by Crippen LogP contribution is -1.72. The van der Waals surface area contributed by atoms with Crippen molar-refractivity contribution in [1.29, 1.82) is 0 Å². The molecule has 10 heteroatoms. The molecule has 256 valence electrons. The molecule has 0 fully saturated rings. The quantitative estimate of drug-likeness (QED) is 0.174. The zero-order chi connectivity index (χ0) is 35.8. The van der Waals surface area contributed by atoms with Crippen molar-refractivity contribution >= 4 is 77.3 Å². The van der Waals surface area contributed by atoms with Gasteiger partial charge >= 0.3 is 0 Å². The highest BCUT2D eigenvalue weighted by Gasteiger charge is 1.97. The number of aromatic nitrogens is 8. The molecule has 8 aromatic rings. The van der Waals surface area contributed by atoms with Gasteiger partial charge in [0.2, 0.25) is 0 Å². The number of aromatic amines is 2. The number of benzene rings is 4. The molecule has 8 nitrogen and oxygen atoms in total. The normalized spacial score (nSPS) is 10.7. The fourth-order valence-electron chi connectivity index (χ4n) is 3.91. The van der Waals surface area contributed by atoms with Crippen molar-refractivity contribution in [1.82, 2.24) is 40.8 Å². The SMILES string of the molecule is CC=CC.CC=CC.CC=Cc1ccc2n[nH]nc2c1.CC=Cc1ccc2ncsc2c1.c1ccc2n[nH]nc2c1.c1ccc2scnc2c1. The predicted molar refractivity (Wildman–Crippen MR) is 217 cm³/mol. The molecular weight excluding hydrogens is 657 g/mol. The van der Waals surface area contributed by atoms with Gasteiger partial charge in [-0.05, 0) is 101 Å². The number of nitrogens with one attached hydrogen (secondary N) is 2. The van der Waals surface area contributed by atoms with E-state index >= 15 is 0 Å². The molecule has 0 saturated heterocycles. The van der Waals surface area contributed by atoms with Crippen LogP contribution in [-0.4, -0.2) is 40.8 Å². The summed E-state index contributed by atoms with van der Waals surface area (Å²) < 4.78 is 2.52. The summed E-state index contributed by atoms with van der Waals surface area (Å²) in [4.78, 5) is 8.35. The Morgan fingerprint density at radius 2 is 0.840 bits per heavy atom. The van der Waals surface area contributed by atoms with E-state index in [1.807, 2.05) is 156 Å². The Kier molecular flexibility index (Phi) is 17.8. The highest BCUT2D eigenvalue weighted by atomic mass is 32.1. The van der Waals surface area contributed by atoms with E-state index in [1.165, 1.54) is 15.0 Å². The molecule has 0 unspecified atom stereocenters. The summed E-state index contributed by atoms with van der Waals surface area (Å²) in [6.07, 6.45) is 16.2. The number of H-pyrrole nitrogens is 2. The van der Waals surface area contributed by atoms with Crippen LogP contribution in [0.2, 0.25) is 0 Å². The highest BCUT2D eigenvalue weighted by Crippen LogP contribution is 2.19. The molecule has 8 rings (SSSR count). The third-order valence-corrected chi connectivity index (χ3v) is 8.14. The fraction of sp³-hybridized carbons (Fsp3) is 0.150. The first kappa shape index (κ1) is 38.9. The molecule has 4 aromatic carbocycles. The summed E-state index contributed by atoms with van der Waals surface area (Å²) in [7, 11) is 0. The molecule has 4 aromatic heterocycles. The zero-order valence-electron chi connectivity index (χ0n) is 29.4. The van der Waals surface area contributed by atoms with Crippen molar-refractivity contribution in [2.75, 3.05) is 0 Å². The number of thiazole rings is 2. The summed E-state index contributed by atoms with van der Waals surface area (Å²) in [5, 5.41) is 20.8. The van der Waals surface area contributed by atoms with Crippen LogP contribution < -0.4 is 0 Å². The average Bonchev–Trinajstić information content (AvgIpc) is 4.00. The Bertz CT molecular complexity index is 1990. The number of fused-ring (bicyclic) bond motifs is 4. The first-order valence-electron chi connectivity index (χ1n) is 16.1. The molecule has 0 bridgehead atoms. The van der Waals surface area contributed by atoms with Crippen LogP contribution in [-0.2, 0) is 0 Å².